The molecule has 2 aromatic rings. The molecule has 0 bridgehead atoms. The van der Waals surface area contributed by atoms with E-state index in [1.165, 1.54) is 4.90 Å². The molecule has 1 aromatic heterocycles. The molecule has 2 aliphatic rings. The second-order valence-corrected chi connectivity index (χ2v) is 7.82. The minimum Gasteiger partial charge on any atom is -0.345 e. The molecule has 3 amide bonds. The first-order valence-corrected chi connectivity index (χ1v) is 10.1. The number of aromatic amines is 1. The predicted octanol–water partition coefficient (Wildman–Crippen LogP) is 0.913. The third-order valence-corrected chi connectivity index (χ3v) is 5.43. The molecule has 156 valence electrons. The van der Waals surface area contributed by atoms with Crippen molar-refractivity contribution in [2.75, 3.05) is 26.2 Å². The van der Waals surface area contributed by atoms with Gasteiger partial charge in [0.1, 0.15) is 5.56 Å². The van der Waals surface area contributed by atoms with Crippen LogP contribution in [-0.4, -0.2) is 64.7 Å². The van der Waals surface area contributed by atoms with E-state index in [4.69, 9.17) is 0 Å². The van der Waals surface area contributed by atoms with Crippen molar-refractivity contribution in [2.45, 2.75) is 25.8 Å². The first kappa shape index (κ1) is 19.9. The van der Waals surface area contributed by atoms with Crippen molar-refractivity contribution >= 4 is 17.7 Å². The molecule has 1 aliphatic carbocycles. The Labute approximate surface area is 173 Å². The van der Waals surface area contributed by atoms with E-state index in [0.717, 1.165) is 24.0 Å². The highest BCUT2D eigenvalue weighted by atomic mass is 16.2. The number of nitrogens with one attached hydrogen (secondary N) is 2. The maximum Gasteiger partial charge on any atom is 0.312 e. The van der Waals surface area contributed by atoms with Crippen molar-refractivity contribution in [3.8, 4) is 11.3 Å². The van der Waals surface area contributed by atoms with Gasteiger partial charge in [-0.25, -0.2) is 0 Å². The number of nitrogens with zero attached hydrogens (tertiary/aromatic N) is 2. The smallest absolute Gasteiger partial charge is 0.312 e. The zero-order valence-electron chi connectivity index (χ0n) is 16.8. The van der Waals surface area contributed by atoms with Gasteiger partial charge < -0.3 is 20.1 Å². The van der Waals surface area contributed by atoms with E-state index in [1.807, 2.05) is 31.2 Å². The normalized spacial score (nSPS) is 16.3. The van der Waals surface area contributed by atoms with Crippen LogP contribution in [0.4, 0.5) is 0 Å². The van der Waals surface area contributed by atoms with Gasteiger partial charge in [0.25, 0.3) is 11.5 Å². The van der Waals surface area contributed by atoms with E-state index in [9.17, 15) is 19.2 Å². The predicted molar refractivity (Wildman–Crippen MR) is 111 cm³/mol. The number of carbonyl (C=O) groups is 3. The molecule has 2 N–H and O–H groups in total. The number of benzene rings is 1. The Morgan fingerprint density at radius 3 is 2.33 bits per heavy atom. The summed E-state index contributed by atoms with van der Waals surface area (Å²) in [7, 11) is 0. The van der Waals surface area contributed by atoms with Crippen molar-refractivity contribution in [3.05, 3.63) is 57.9 Å². The standard InChI is InChI=1S/C22H24N4O4/c1-14-3-2-4-15(13-14)18-8-7-17(19(27)24-18)21(29)25-9-11-26(12-10-25)22(30)20(28)23-16-5-6-16/h2-4,7-8,13,16H,5-6,9-12H2,1H3,(H,23,28)(H,24,27). The van der Waals surface area contributed by atoms with Crippen LogP contribution in [0.5, 0.6) is 0 Å². The summed E-state index contributed by atoms with van der Waals surface area (Å²) in [5, 5.41) is 2.68. The first-order valence-electron chi connectivity index (χ1n) is 10.1. The molecule has 1 aliphatic heterocycles. The quantitative estimate of drug-likeness (QED) is 0.737. The third kappa shape index (κ3) is 4.27. The summed E-state index contributed by atoms with van der Waals surface area (Å²) in [6.45, 7) is 3.06. The number of pyridine rings is 1. The van der Waals surface area contributed by atoms with Crippen LogP contribution in [-0.2, 0) is 9.59 Å². The van der Waals surface area contributed by atoms with Crippen LogP contribution in [0.15, 0.2) is 41.2 Å². The fourth-order valence-corrected chi connectivity index (χ4v) is 3.52. The molecule has 0 unspecified atom stereocenters. The molecule has 2 heterocycles. The number of amides is 3. The van der Waals surface area contributed by atoms with Gasteiger partial charge in [0.2, 0.25) is 0 Å². The van der Waals surface area contributed by atoms with E-state index in [2.05, 4.69) is 10.3 Å². The van der Waals surface area contributed by atoms with Crippen LogP contribution < -0.4 is 10.9 Å². The lowest BCUT2D eigenvalue weighted by Crippen LogP contribution is -2.54. The number of aryl methyl sites for hydroxylation is 1. The van der Waals surface area contributed by atoms with Gasteiger partial charge in [0.05, 0.1) is 0 Å². The molecular formula is C22H24N4O4. The summed E-state index contributed by atoms with van der Waals surface area (Å²) in [5.41, 5.74) is 2.23. The van der Waals surface area contributed by atoms with E-state index >= 15 is 0 Å². The summed E-state index contributed by atoms with van der Waals surface area (Å²) in [4.78, 5) is 55.2. The largest absolute Gasteiger partial charge is 0.345 e. The fourth-order valence-electron chi connectivity index (χ4n) is 3.52. The average Bonchev–Trinajstić information content (AvgIpc) is 3.57. The minimum atomic E-state index is -0.583. The van der Waals surface area contributed by atoms with Crippen molar-refractivity contribution < 1.29 is 14.4 Å². The molecular weight excluding hydrogens is 384 g/mol. The van der Waals surface area contributed by atoms with Gasteiger partial charge in [-0.3, -0.25) is 19.2 Å². The topological polar surface area (TPSA) is 103 Å². The first-order chi connectivity index (χ1) is 14.4. The van der Waals surface area contributed by atoms with Gasteiger partial charge in [0.15, 0.2) is 0 Å². The van der Waals surface area contributed by atoms with Crippen molar-refractivity contribution in [3.63, 3.8) is 0 Å². The molecule has 1 aromatic carbocycles. The lowest BCUT2D eigenvalue weighted by molar-refractivity contribution is -0.146. The van der Waals surface area contributed by atoms with Crippen LogP contribution in [0.1, 0.15) is 28.8 Å². The molecule has 8 nitrogen and oxygen atoms in total. The molecule has 0 spiro atoms. The van der Waals surface area contributed by atoms with Crippen LogP contribution in [0.2, 0.25) is 0 Å². The Balaban J connectivity index is 1.40. The molecule has 1 saturated carbocycles. The summed E-state index contributed by atoms with van der Waals surface area (Å²) < 4.78 is 0. The fraction of sp³-hybridized carbons (Fsp3) is 0.364. The second-order valence-electron chi connectivity index (χ2n) is 7.82. The number of hydrogen-bond acceptors (Lipinski definition) is 4. The van der Waals surface area contributed by atoms with Crippen LogP contribution in [0, 0.1) is 6.92 Å². The van der Waals surface area contributed by atoms with Gasteiger partial charge in [0, 0.05) is 37.9 Å². The summed E-state index contributed by atoms with van der Waals surface area (Å²) in [5.74, 6) is -1.52. The van der Waals surface area contributed by atoms with Gasteiger partial charge in [-0.15, -0.1) is 0 Å². The van der Waals surface area contributed by atoms with Gasteiger partial charge >= 0.3 is 11.8 Å². The zero-order chi connectivity index (χ0) is 21.3. The van der Waals surface area contributed by atoms with Crippen molar-refractivity contribution in [2.24, 2.45) is 0 Å². The van der Waals surface area contributed by atoms with E-state index in [1.54, 1.807) is 17.0 Å². The number of aromatic nitrogens is 1. The van der Waals surface area contributed by atoms with E-state index in [-0.39, 0.29) is 43.7 Å². The van der Waals surface area contributed by atoms with E-state index < -0.39 is 17.4 Å². The Morgan fingerprint density at radius 2 is 1.70 bits per heavy atom. The lowest BCUT2D eigenvalue weighted by atomic mass is 10.1. The number of piperazine rings is 1. The number of hydrogen-bond donors (Lipinski definition) is 2. The SMILES string of the molecule is Cc1cccc(-c2ccc(C(=O)N3CCN(C(=O)C(=O)NC4CC4)CC3)c(=O)[nH]2)c1. The Morgan fingerprint density at radius 1 is 1.00 bits per heavy atom. The highest BCUT2D eigenvalue weighted by molar-refractivity contribution is 6.35. The Bertz CT molecular complexity index is 1050. The average molecular weight is 408 g/mol. The molecule has 30 heavy (non-hydrogen) atoms. The minimum absolute atomic E-state index is 0.0673. The monoisotopic (exact) mass is 408 g/mol. The van der Waals surface area contributed by atoms with Gasteiger partial charge in [-0.1, -0.05) is 23.8 Å². The van der Waals surface area contributed by atoms with Crippen molar-refractivity contribution in [1.82, 2.24) is 20.1 Å². The summed E-state index contributed by atoms with van der Waals surface area (Å²) >= 11 is 0. The molecule has 0 atom stereocenters. The Hall–Kier alpha value is -3.42. The maximum absolute atomic E-state index is 12.8. The maximum atomic E-state index is 12.8. The van der Waals surface area contributed by atoms with Gasteiger partial charge in [-0.05, 0) is 43.5 Å². The van der Waals surface area contributed by atoms with Gasteiger partial charge in [-0.2, -0.15) is 0 Å². The summed E-state index contributed by atoms with van der Waals surface area (Å²) in [6, 6.07) is 11.1. The van der Waals surface area contributed by atoms with Crippen molar-refractivity contribution in [1.29, 1.82) is 0 Å². The van der Waals surface area contributed by atoms with Crippen LogP contribution >= 0.6 is 0 Å². The molecule has 2 fully saturated rings. The molecule has 0 radical (unpaired) electrons. The highest BCUT2D eigenvalue weighted by Gasteiger charge is 2.32. The van der Waals surface area contributed by atoms with Crippen LogP contribution in [0.3, 0.4) is 0 Å². The third-order valence-electron chi connectivity index (χ3n) is 5.43. The molecule has 1 saturated heterocycles. The molecule has 4 rings (SSSR count). The Kier molecular flexibility index (Phi) is 5.39. The zero-order valence-corrected chi connectivity index (χ0v) is 16.8. The number of carbonyl (C=O) groups excluding carboxylic acids is 3. The molecule has 8 heteroatoms. The number of H-pyrrole nitrogens is 1. The second kappa shape index (κ2) is 8.14. The highest BCUT2D eigenvalue weighted by Crippen LogP contribution is 2.19. The van der Waals surface area contributed by atoms with Crippen LogP contribution in [0.25, 0.3) is 11.3 Å². The lowest BCUT2D eigenvalue weighted by Gasteiger charge is -2.34. The van der Waals surface area contributed by atoms with E-state index in [0.29, 0.717) is 5.69 Å². The summed E-state index contributed by atoms with van der Waals surface area (Å²) in [6.07, 6.45) is 1.83. The number of rotatable bonds is 3.